The molecular formula is C30H40N2O5. The molecule has 1 N–H and O–H groups in total. The summed E-state index contributed by atoms with van der Waals surface area (Å²) >= 11 is 0. The Balaban J connectivity index is 2.00. The van der Waals surface area contributed by atoms with Crippen molar-refractivity contribution in [1.82, 2.24) is 9.80 Å². The Bertz CT molecular complexity index is 1120. The molecule has 7 nitrogen and oxygen atoms in total. The molecule has 0 spiro atoms. The van der Waals surface area contributed by atoms with E-state index in [4.69, 9.17) is 9.47 Å². The summed E-state index contributed by atoms with van der Waals surface area (Å²) in [6.07, 6.45) is 3.24. The standard InChI is InChI=1S/C30H40N2O5/c1-7-8-9-18-36-24-13-10-22(11-14-24)27-26(29(34)30(35)32(27)17-16-31(5)6)28(33)23-12-15-25(21(4)19-23)37-20(2)3/h10-15,19-20,27,33H,7-9,16-18H2,1-6H3/b28-26+. The molecule has 0 bridgehead atoms. The predicted octanol–water partition coefficient (Wildman–Crippen LogP) is 5.33. The van der Waals surface area contributed by atoms with Crippen LogP contribution in [-0.4, -0.2) is 66.5 Å². The molecule has 1 atom stereocenters. The average molecular weight is 509 g/mol. The third-order valence-corrected chi connectivity index (χ3v) is 6.35. The Morgan fingerprint density at radius 3 is 2.38 bits per heavy atom. The summed E-state index contributed by atoms with van der Waals surface area (Å²) in [5.41, 5.74) is 2.15. The Morgan fingerprint density at radius 2 is 1.78 bits per heavy atom. The first kappa shape index (κ1) is 28.3. The van der Waals surface area contributed by atoms with Crippen molar-refractivity contribution in [2.45, 2.75) is 59.1 Å². The van der Waals surface area contributed by atoms with Gasteiger partial charge in [-0.25, -0.2) is 0 Å². The average Bonchev–Trinajstić information content (AvgIpc) is 3.11. The number of ketones is 1. The molecule has 0 aromatic heterocycles. The van der Waals surface area contributed by atoms with Crippen LogP contribution in [0.25, 0.3) is 5.76 Å². The number of ether oxygens (including phenoxy) is 2. The van der Waals surface area contributed by atoms with E-state index in [1.165, 1.54) is 0 Å². The maximum atomic E-state index is 13.3. The molecule has 3 rings (SSSR count). The van der Waals surface area contributed by atoms with Gasteiger partial charge in [-0.05, 0) is 82.7 Å². The summed E-state index contributed by atoms with van der Waals surface area (Å²) in [7, 11) is 3.83. The molecule has 1 heterocycles. The summed E-state index contributed by atoms with van der Waals surface area (Å²) in [5, 5.41) is 11.4. The van der Waals surface area contributed by atoms with Crippen molar-refractivity contribution in [2.75, 3.05) is 33.8 Å². The van der Waals surface area contributed by atoms with Crippen molar-refractivity contribution in [1.29, 1.82) is 0 Å². The Labute approximate surface area is 220 Å². The Kier molecular flexibility index (Phi) is 9.75. The van der Waals surface area contributed by atoms with Crippen molar-refractivity contribution in [3.63, 3.8) is 0 Å². The van der Waals surface area contributed by atoms with Gasteiger partial charge in [0.1, 0.15) is 17.3 Å². The molecule has 0 aliphatic carbocycles. The Morgan fingerprint density at radius 1 is 1.08 bits per heavy atom. The topological polar surface area (TPSA) is 79.3 Å². The van der Waals surface area contributed by atoms with Crippen molar-refractivity contribution < 1.29 is 24.2 Å². The monoisotopic (exact) mass is 508 g/mol. The van der Waals surface area contributed by atoms with Crippen LogP contribution in [0.2, 0.25) is 0 Å². The number of likely N-dealkylation sites (tertiary alicyclic amines) is 1. The molecule has 2 aromatic rings. The number of carbonyl (C=O) groups excluding carboxylic acids is 2. The van der Waals surface area contributed by atoms with Gasteiger partial charge in [-0.3, -0.25) is 9.59 Å². The van der Waals surface area contributed by atoms with E-state index in [1.807, 2.05) is 64.0 Å². The van der Waals surface area contributed by atoms with E-state index in [0.29, 0.717) is 31.0 Å². The fraction of sp³-hybridized carbons (Fsp3) is 0.467. The molecule has 37 heavy (non-hydrogen) atoms. The smallest absolute Gasteiger partial charge is 0.295 e. The fourth-order valence-corrected chi connectivity index (χ4v) is 4.39. The molecular weight excluding hydrogens is 468 g/mol. The van der Waals surface area contributed by atoms with Gasteiger partial charge in [0.2, 0.25) is 0 Å². The van der Waals surface area contributed by atoms with Gasteiger partial charge in [-0.1, -0.05) is 31.9 Å². The number of unbranched alkanes of at least 4 members (excludes halogenated alkanes) is 2. The molecule has 1 aliphatic rings. The first-order chi connectivity index (χ1) is 17.6. The molecule has 2 aromatic carbocycles. The number of aryl methyl sites for hydroxylation is 1. The molecule has 1 aliphatic heterocycles. The lowest BCUT2D eigenvalue weighted by molar-refractivity contribution is -0.140. The van der Waals surface area contributed by atoms with Crippen LogP contribution in [0.15, 0.2) is 48.0 Å². The van der Waals surface area contributed by atoms with Gasteiger partial charge in [-0.2, -0.15) is 0 Å². The van der Waals surface area contributed by atoms with Gasteiger partial charge in [0.15, 0.2) is 0 Å². The van der Waals surface area contributed by atoms with Gasteiger partial charge in [0, 0.05) is 18.7 Å². The minimum Gasteiger partial charge on any atom is -0.507 e. The highest BCUT2D eigenvalue weighted by atomic mass is 16.5. The number of Topliss-reactive ketones (excluding diaryl/α,β-unsaturated/α-hetero) is 1. The van der Waals surface area contributed by atoms with Crippen LogP contribution in [0.4, 0.5) is 0 Å². The summed E-state index contributed by atoms with van der Waals surface area (Å²) in [4.78, 5) is 29.9. The molecule has 0 radical (unpaired) electrons. The van der Waals surface area contributed by atoms with Gasteiger partial charge in [-0.15, -0.1) is 0 Å². The second-order valence-corrected chi connectivity index (χ2v) is 10.1. The number of nitrogens with zero attached hydrogens (tertiary/aromatic N) is 2. The molecule has 7 heteroatoms. The normalized spacial score (nSPS) is 17.2. The second kappa shape index (κ2) is 12.8. The van der Waals surface area contributed by atoms with E-state index < -0.39 is 17.7 Å². The van der Waals surface area contributed by atoms with E-state index in [0.717, 1.165) is 36.1 Å². The SMILES string of the molecule is CCCCCOc1ccc(C2/C(=C(\O)c3ccc(OC(C)C)c(C)c3)C(=O)C(=O)N2CCN(C)C)cc1. The predicted molar refractivity (Wildman–Crippen MR) is 146 cm³/mol. The van der Waals surface area contributed by atoms with Crippen LogP contribution >= 0.6 is 0 Å². The number of aliphatic hydroxyl groups is 1. The third-order valence-electron chi connectivity index (χ3n) is 6.35. The van der Waals surface area contributed by atoms with Gasteiger partial charge in [0.05, 0.1) is 24.3 Å². The lowest BCUT2D eigenvalue weighted by Gasteiger charge is -2.26. The maximum absolute atomic E-state index is 13.3. The second-order valence-electron chi connectivity index (χ2n) is 10.1. The van der Waals surface area contributed by atoms with Crippen LogP contribution in [0.3, 0.4) is 0 Å². The number of benzene rings is 2. The summed E-state index contributed by atoms with van der Waals surface area (Å²) in [5.74, 6) is -0.0219. The lowest BCUT2D eigenvalue weighted by Crippen LogP contribution is -2.35. The van der Waals surface area contributed by atoms with Crippen molar-refractivity contribution >= 4 is 17.4 Å². The summed E-state index contributed by atoms with van der Waals surface area (Å²) < 4.78 is 11.7. The van der Waals surface area contributed by atoms with E-state index >= 15 is 0 Å². The number of hydrogen-bond acceptors (Lipinski definition) is 6. The van der Waals surface area contributed by atoms with Crippen molar-refractivity contribution in [3.05, 3.63) is 64.7 Å². The first-order valence-corrected chi connectivity index (χ1v) is 13.1. The summed E-state index contributed by atoms with van der Waals surface area (Å²) in [6.45, 7) is 9.52. The summed E-state index contributed by atoms with van der Waals surface area (Å²) in [6, 6.07) is 12.0. The van der Waals surface area contributed by atoms with Crippen LogP contribution in [0.1, 0.15) is 62.8 Å². The van der Waals surface area contributed by atoms with Crippen molar-refractivity contribution in [2.24, 2.45) is 0 Å². The number of carbonyl (C=O) groups is 2. The lowest BCUT2D eigenvalue weighted by atomic mass is 9.94. The molecule has 0 saturated carbocycles. The number of aliphatic hydroxyl groups excluding tert-OH is 1. The van der Waals surface area contributed by atoms with E-state index in [9.17, 15) is 14.7 Å². The zero-order chi connectivity index (χ0) is 27.1. The third kappa shape index (κ3) is 6.92. The van der Waals surface area contributed by atoms with Gasteiger partial charge >= 0.3 is 0 Å². The molecule has 1 unspecified atom stereocenters. The maximum Gasteiger partial charge on any atom is 0.295 e. The minimum absolute atomic E-state index is 0.0127. The zero-order valence-electron chi connectivity index (χ0n) is 22.9. The molecule has 1 saturated heterocycles. The first-order valence-electron chi connectivity index (χ1n) is 13.1. The number of rotatable bonds is 12. The molecule has 1 amide bonds. The fourth-order valence-electron chi connectivity index (χ4n) is 4.39. The minimum atomic E-state index is -0.694. The highest BCUT2D eigenvalue weighted by Crippen LogP contribution is 2.40. The number of likely N-dealkylation sites (N-methyl/N-ethyl adjacent to an activating group) is 1. The highest BCUT2D eigenvalue weighted by Gasteiger charge is 2.45. The van der Waals surface area contributed by atoms with Crippen LogP contribution in [-0.2, 0) is 9.59 Å². The van der Waals surface area contributed by atoms with E-state index in [2.05, 4.69) is 6.92 Å². The van der Waals surface area contributed by atoms with Crippen molar-refractivity contribution in [3.8, 4) is 11.5 Å². The van der Waals surface area contributed by atoms with E-state index in [1.54, 1.807) is 23.1 Å². The highest BCUT2D eigenvalue weighted by molar-refractivity contribution is 6.46. The quantitative estimate of drug-likeness (QED) is 0.181. The number of amides is 1. The van der Waals surface area contributed by atoms with Gasteiger partial charge < -0.3 is 24.4 Å². The molecule has 1 fully saturated rings. The van der Waals surface area contributed by atoms with Crippen LogP contribution in [0.5, 0.6) is 11.5 Å². The number of hydrogen-bond donors (Lipinski definition) is 1. The Hall–Kier alpha value is -3.32. The van der Waals surface area contributed by atoms with Crippen LogP contribution < -0.4 is 9.47 Å². The van der Waals surface area contributed by atoms with E-state index in [-0.39, 0.29) is 17.4 Å². The van der Waals surface area contributed by atoms with Crippen LogP contribution in [0, 0.1) is 6.92 Å². The van der Waals surface area contributed by atoms with Gasteiger partial charge in [0.25, 0.3) is 11.7 Å². The zero-order valence-corrected chi connectivity index (χ0v) is 22.9. The molecule has 200 valence electrons. The largest absolute Gasteiger partial charge is 0.507 e.